The summed E-state index contributed by atoms with van der Waals surface area (Å²) < 4.78 is 13.1. The maximum Gasteiger partial charge on any atom is 0.167 e. The molecular weight excluding hydrogens is 568 g/mol. The van der Waals surface area contributed by atoms with Crippen LogP contribution in [0.3, 0.4) is 0 Å². The van der Waals surface area contributed by atoms with Crippen molar-refractivity contribution < 1.29 is 9.15 Å². The molecule has 0 atom stereocenters. The number of para-hydroxylation sites is 2. The van der Waals surface area contributed by atoms with Gasteiger partial charge in [0.05, 0.1) is 22.5 Å². The van der Waals surface area contributed by atoms with Crippen LogP contribution in [0.25, 0.3) is 67.4 Å². The lowest BCUT2D eigenvalue weighted by Gasteiger charge is -2.28. The zero-order chi connectivity index (χ0) is 30.9. The predicted octanol–water partition coefficient (Wildman–Crippen LogP) is 9.87. The minimum Gasteiger partial charge on any atom is -0.455 e. The summed E-state index contributed by atoms with van der Waals surface area (Å²) in [7, 11) is 0. The molecule has 0 unspecified atom stereocenters. The van der Waals surface area contributed by atoms with Crippen LogP contribution in [0.15, 0.2) is 114 Å². The molecule has 7 aromatic rings. The number of pyridine rings is 1. The predicted molar refractivity (Wildman–Crippen MR) is 181 cm³/mol. The monoisotopic (exact) mass is 600 g/mol. The Morgan fingerprint density at radius 2 is 1.33 bits per heavy atom. The molecule has 0 amide bonds. The summed E-state index contributed by atoms with van der Waals surface area (Å²) in [4.78, 5) is 19.8. The molecule has 4 heterocycles. The fourth-order valence-electron chi connectivity index (χ4n) is 7.48. The number of nitrogens with zero attached hydrogens (tertiary/aromatic N) is 4. The molecule has 1 aliphatic heterocycles. The highest BCUT2D eigenvalue weighted by molar-refractivity contribution is 6.09. The molecular formula is C40H32N4O2. The third kappa shape index (κ3) is 4.28. The Morgan fingerprint density at radius 1 is 0.609 bits per heavy atom. The summed E-state index contributed by atoms with van der Waals surface area (Å²) in [6.07, 6.45) is 6.49. The largest absolute Gasteiger partial charge is 0.455 e. The number of fused-ring (bicyclic) bond motifs is 5. The van der Waals surface area contributed by atoms with Crippen molar-refractivity contribution in [2.24, 2.45) is 0 Å². The van der Waals surface area contributed by atoms with Crippen molar-refractivity contribution in [2.75, 3.05) is 0 Å². The summed E-state index contributed by atoms with van der Waals surface area (Å²) >= 11 is 0. The van der Waals surface area contributed by atoms with Crippen molar-refractivity contribution in [3.63, 3.8) is 0 Å². The Morgan fingerprint density at radius 3 is 2.13 bits per heavy atom. The Kier molecular flexibility index (Phi) is 5.99. The van der Waals surface area contributed by atoms with E-state index in [2.05, 4.69) is 50.2 Å². The quantitative estimate of drug-likeness (QED) is 0.200. The lowest BCUT2D eigenvalue weighted by atomic mass is 9.86. The van der Waals surface area contributed by atoms with Crippen LogP contribution in [-0.2, 0) is 15.9 Å². The molecule has 0 bridgehead atoms. The van der Waals surface area contributed by atoms with Crippen LogP contribution < -0.4 is 0 Å². The van der Waals surface area contributed by atoms with Gasteiger partial charge in [0, 0.05) is 33.7 Å². The van der Waals surface area contributed by atoms with E-state index < -0.39 is 0 Å². The average Bonchev–Trinajstić information content (AvgIpc) is 3.78. The van der Waals surface area contributed by atoms with Gasteiger partial charge in [-0.15, -0.1) is 0 Å². The number of rotatable bonds is 4. The van der Waals surface area contributed by atoms with Gasteiger partial charge in [-0.25, -0.2) is 15.0 Å². The molecule has 46 heavy (non-hydrogen) atoms. The van der Waals surface area contributed by atoms with Gasteiger partial charge in [0.15, 0.2) is 17.5 Å². The van der Waals surface area contributed by atoms with E-state index in [-0.39, 0.29) is 11.2 Å². The van der Waals surface area contributed by atoms with Gasteiger partial charge in [-0.05, 0) is 68.1 Å². The summed E-state index contributed by atoms with van der Waals surface area (Å²) in [5, 5.41) is 2.10. The van der Waals surface area contributed by atoms with Crippen molar-refractivity contribution in [1.29, 1.82) is 0 Å². The second-order valence-corrected chi connectivity index (χ2v) is 13.0. The minimum absolute atomic E-state index is 0.131. The van der Waals surface area contributed by atoms with Gasteiger partial charge >= 0.3 is 0 Å². The van der Waals surface area contributed by atoms with Crippen LogP contribution in [0.2, 0.25) is 0 Å². The third-order valence-corrected chi connectivity index (χ3v) is 9.65. The summed E-state index contributed by atoms with van der Waals surface area (Å²) in [6.45, 7) is 4.38. The summed E-state index contributed by atoms with van der Waals surface area (Å²) in [5.74, 6) is 1.71. The normalized spacial score (nSPS) is 16.4. The first kappa shape index (κ1) is 27.1. The fraction of sp³-hybridized carbons (Fsp3) is 0.200. The molecule has 3 aromatic heterocycles. The molecule has 6 heteroatoms. The molecule has 1 spiro atoms. The molecule has 1 aliphatic carbocycles. The van der Waals surface area contributed by atoms with E-state index in [9.17, 15) is 0 Å². The van der Waals surface area contributed by atoms with Gasteiger partial charge < -0.3 is 9.15 Å². The van der Waals surface area contributed by atoms with Crippen molar-refractivity contribution in [3.8, 4) is 45.4 Å². The highest BCUT2D eigenvalue weighted by atomic mass is 16.5. The maximum absolute atomic E-state index is 6.73. The van der Waals surface area contributed by atoms with Crippen LogP contribution >= 0.6 is 0 Å². The van der Waals surface area contributed by atoms with E-state index >= 15 is 0 Å². The zero-order valence-corrected chi connectivity index (χ0v) is 25.8. The minimum atomic E-state index is -0.326. The van der Waals surface area contributed by atoms with Crippen LogP contribution in [0.1, 0.15) is 50.7 Å². The van der Waals surface area contributed by atoms with E-state index in [0.29, 0.717) is 17.5 Å². The second-order valence-electron chi connectivity index (χ2n) is 13.0. The van der Waals surface area contributed by atoms with E-state index in [4.69, 9.17) is 29.1 Å². The number of furan rings is 1. The van der Waals surface area contributed by atoms with Gasteiger partial charge in [-0.1, -0.05) is 85.6 Å². The standard InChI is InChI=1S/C40H32N4O2/c1-39(2)32-23-26(17-19-31(32)40(46-39)21-8-9-22-40)33-20-18-27(24-41-33)37-42-36(25-11-4-3-5-12-25)43-38(44-37)30-15-10-14-29-28-13-6-7-16-34(28)45-35(29)30/h3-7,10-20,23-24H,8-9,21-22H2,1-2H3. The molecule has 9 rings (SSSR count). The van der Waals surface area contributed by atoms with E-state index in [1.54, 1.807) is 0 Å². The lowest BCUT2D eigenvalue weighted by Crippen LogP contribution is -2.25. The van der Waals surface area contributed by atoms with Crippen LogP contribution in [0.4, 0.5) is 0 Å². The maximum atomic E-state index is 6.73. The van der Waals surface area contributed by atoms with Crippen LogP contribution in [0, 0.1) is 0 Å². The van der Waals surface area contributed by atoms with E-state index in [1.807, 2.05) is 72.9 Å². The van der Waals surface area contributed by atoms with Crippen molar-refractivity contribution in [2.45, 2.75) is 50.7 Å². The summed E-state index contributed by atoms with van der Waals surface area (Å²) in [6, 6.07) is 35.0. The van der Waals surface area contributed by atoms with Gasteiger partial charge in [0.2, 0.25) is 0 Å². The zero-order valence-electron chi connectivity index (χ0n) is 25.8. The number of ether oxygens (including phenoxy) is 1. The fourth-order valence-corrected chi connectivity index (χ4v) is 7.48. The van der Waals surface area contributed by atoms with Crippen LogP contribution in [0.5, 0.6) is 0 Å². The Bertz CT molecular complexity index is 2270. The molecule has 0 saturated heterocycles. The van der Waals surface area contributed by atoms with E-state index in [1.165, 1.54) is 24.0 Å². The first-order valence-electron chi connectivity index (χ1n) is 16.0. The second kappa shape index (κ2) is 10.2. The highest BCUT2D eigenvalue weighted by Gasteiger charge is 2.50. The van der Waals surface area contributed by atoms with Crippen molar-refractivity contribution in [3.05, 3.63) is 120 Å². The number of hydrogen-bond acceptors (Lipinski definition) is 6. The molecule has 4 aromatic carbocycles. The highest BCUT2D eigenvalue weighted by Crippen LogP contribution is 2.55. The van der Waals surface area contributed by atoms with Gasteiger partial charge in [-0.3, -0.25) is 4.98 Å². The molecule has 6 nitrogen and oxygen atoms in total. The first-order chi connectivity index (χ1) is 22.5. The smallest absolute Gasteiger partial charge is 0.167 e. The van der Waals surface area contributed by atoms with Crippen molar-refractivity contribution >= 4 is 21.9 Å². The molecule has 1 fully saturated rings. The first-order valence-corrected chi connectivity index (χ1v) is 16.0. The lowest BCUT2D eigenvalue weighted by molar-refractivity contribution is -0.122. The summed E-state index contributed by atoms with van der Waals surface area (Å²) in [5.41, 5.74) is 8.29. The van der Waals surface area contributed by atoms with Crippen molar-refractivity contribution in [1.82, 2.24) is 19.9 Å². The SMILES string of the molecule is CC1(C)OC2(CCCC2)c2ccc(-c3ccc(-c4nc(-c5ccccc5)nc(-c5cccc6c5oc5ccccc56)n4)cn3)cc21. The van der Waals surface area contributed by atoms with Gasteiger partial charge in [0.1, 0.15) is 11.2 Å². The molecule has 224 valence electrons. The molecule has 0 N–H and O–H groups in total. The number of hydrogen-bond donors (Lipinski definition) is 0. The molecule has 0 radical (unpaired) electrons. The average molecular weight is 601 g/mol. The van der Waals surface area contributed by atoms with Crippen LogP contribution in [-0.4, -0.2) is 19.9 Å². The Labute approximate surface area is 267 Å². The molecule has 1 saturated carbocycles. The van der Waals surface area contributed by atoms with Gasteiger partial charge in [-0.2, -0.15) is 0 Å². The number of aromatic nitrogens is 4. The van der Waals surface area contributed by atoms with E-state index in [0.717, 1.165) is 62.7 Å². The Balaban J connectivity index is 1.14. The third-order valence-electron chi connectivity index (χ3n) is 9.65. The van der Waals surface area contributed by atoms with Gasteiger partial charge in [0.25, 0.3) is 0 Å². The molecule has 2 aliphatic rings. The number of benzene rings is 4. The topological polar surface area (TPSA) is 73.9 Å². The Hall–Kier alpha value is -5.20.